The van der Waals surface area contributed by atoms with Crippen LogP contribution in [0.25, 0.3) is 0 Å². The molecule has 2 rings (SSSR count). The quantitative estimate of drug-likeness (QED) is 0.618. The van der Waals surface area contributed by atoms with Gasteiger partial charge in [0.1, 0.15) is 5.75 Å². The molecule has 1 fully saturated rings. The van der Waals surface area contributed by atoms with Gasteiger partial charge in [-0.1, -0.05) is 12.1 Å². The van der Waals surface area contributed by atoms with Crippen molar-refractivity contribution < 1.29 is 5.11 Å². The molecule has 0 radical (unpaired) electrons. The zero-order valence-corrected chi connectivity index (χ0v) is 7.39. The Labute approximate surface area is 72.2 Å². The van der Waals surface area contributed by atoms with Gasteiger partial charge in [0.2, 0.25) is 0 Å². The van der Waals surface area contributed by atoms with E-state index < -0.39 is 0 Å². The highest BCUT2D eigenvalue weighted by Crippen LogP contribution is 2.29. The van der Waals surface area contributed by atoms with Crippen molar-refractivity contribution in [3.63, 3.8) is 0 Å². The van der Waals surface area contributed by atoms with Crippen LogP contribution in [-0.4, -0.2) is 11.7 Å². The second kappa shape index (κ2) is 2.49. The van der Waals surface area contributed by atoms with E-state index in [1.54, 1.807) is 0 Å². The van der Waals surface area contributed by atoms with Crippen LogP contribution in [0.5, 0.6) is 5.75 Å². The summed E-state index contributed by atoms with van der Waals surface area (Å²) < 4.78 is 0. The fourth-order valence-corrected chi connectivity index (χ4v) is 1.49. The number of nitrogens with one attached hydrogen (secondary N) is 1. The Hall–Kier alpha value is -1.02. The molecule has 1 atom stereocenters. The van der Waals surface area contributed by atoms with E-state index >= 15 is 0 Å². The second-order valence-corrected chi connectivity index (χ2v) is 3.46. The van der Waals surface area contributed by atoms with Crippen molar-refractivity contribution in [3.8, 4) is 5.75 Å². The average Bonchev–Trinajstić information content (AvgIpc) is 2.81. The molecule has 1 aliphatic rings. The molecule has 0 aromatic heterocycles. The lowest BCUT2D eigenvalue weighted by Gasteiger charge is -2.05. The fourth-order valence-electron chi connectivity index (χ4n) is 1.49. The molecule has 1 unspecified atom stereocenters. The number of aryl methyl sites for hydroxylation is 2. The molecule has 2 nitrogen and oxygen atoms in total. The smallest absolute Gasteiger partial charge is 0.121 e. The molecule has 1 aliphatic heterocycles. The van der Waals surface area contributed by atoms with E-state index in [0.717, 1.165) is 17.7 Å². The predicted octanol–water partition coefficient (Wildman–Crippen LogP) is 1.65. The van der Waals surface area contributed by atoms with Crippen molar-refractivity contribution in [2.24, 2.45) is 0 Å². The number of phenolic OH excluding ortho intramolecular Hbond substituents is 1. The summed E-state index contributed by atoms with van der Waals surface area (Å²) >= 11 is 0. The number of phenols is 1. The first kappa shape index (κ1) is 7.62. The minimum absolute atomic E-state index is 0.430. The molecule has 2 N–H and O–H groups in total. The van der Waals surface area contributed by atoms with E-state index in [1.807, 2.05) is 26.0 Å². The minimum atomic E-state index is 0.430. The number of benzene rings is 1. The number of rotatable bonds is 1. The summed E-state index contributed by atoms with van der Waals surface area (Å²) in [5.74, 6) is 0.430. The maximum Gasteiger partial charge on any atom is 0.121 e. The second-order valence-electron chi connectivity index (χ2n) is 3.46. The van der Waals surface area contributed by atoms with E-state index in [9.17, 15) is 5.11 Å². The summed E-state index contributed by atoms with van der Waals surface area (Å²) in [6.07, 6.45) is 0. The highest BCUT2D eigenvalue weighted by atomic mass is 16.3. The van der Waals surface area contributed by atoms with Gasteiger partial charge in [0.15, 0.2) is 0 Å². The summed E-state index contributed by atoms with van der Waals surface area (Å²) in [5.41, 5.74) is 3.24. The highest BCUT2D eigenvalue weighted by Gasteiger charge is 2.23. The fraction of sp³-hybridized carbons (Fsp3) is 0.400. The summed E-state index contributed by atoms with van der Waals surface area (Å²) in [5, 5.41) is 12.8. The number of hydrogen-bond donors (Lipinski definition) is 2. The normalized spacial score (nSPS) is 21.0. The van der Waals surface area contributed by atoms with Crippen molar-refractivity contribution in [2.45, 2.75) is 19.9 Å². The Bertz CT molecular complexity index is 293. The Balaban J connectivity index is 2.45. The summed E-state index contributed by atoms with van der Waals surface area (Å²) in [6, 6.07) is 4.63. The third kappa shape index (κ3) is 1.18. The van der Waals surface area contributed by atoms with Gasteiger partial charge in [-0.2, -0.15) is 0 Å². The maximum absolute atomic E-state index is 9.51. The Kier molecular flexibility index (Phi) is 1.58. The van der Waals surface area contributed by atoms with Crippen LogP contribution < -0.4 is 5.32 Å². The predicted molar refractivity (Wildman–Crippen MR) is 48.3 cm³/mol. The Morgan fingerprint density at radius 1 is 1.33 bits per heavy atom. The van der Waals surface area contributed by atoms with Crippen LogP contribution in [0.2, 0.25) is 0 Å². The van der Waals surface area contributed by atoms with Crippen molar-refractivity contribution in [1.82, 2.24) is 5.32 Å². The van der Waals surface area contributed by atoms with Crippen molar-refractivity contribution >= 4 is 0 Å². The van der Waals surface area contributed by atoms with Gasteiger partial charge in [-0.15, -0.1) is 0 Å². The van der Waals surface area contributed by atoms with Gasteiger partial charge < -0.3 is 10.4 Å². The first-order valence-corrected chi connectivity index (χ1v) is 4.22. The minimum Gasteiger partial charge on any atom is -0.507 e. The zero-order chi connectivity index (χ0) is 8.72. The van der Waals surface area contributed by atoms with Crippen molar-refractivity contribution in [2.75, 3.05) is 6.54 Å². The third-order valence-corrected chi connectivity index (χ3v) is 2.32. The lowest BCUT2D eigenvalue weighted by Crippen LogP contribution is -1.88. The first-order valence-electron chi connectivity index (χ1n) is 4.22. The Morgan fingerprint density at radius 3 is 2.25 bits per heavy atom. The molecular formula is C10H13NO. The van der Waals surface area contributed by atoms with Crippen LogP contribution in [0, 0.1) is 13.8 Å². The van der Waals surface area contributed by atoms with E-state index in [2.05, 4.69) is 5.32 Å². The highest BCUT2D eigenvalue weighted by molar-refractivity contribution is 5.44. The first-order chi connectivity index (χ1) is 5.68. The summed E-state index contributed by atoms with van der Waals surface area (Å²) in [6.45, 7) is 4.95. The topological polar surface area (TPSA) is 42.2 Å². The van der Waals surface area contributed by atoms with Crippen LogP contribution in [-0.2, 0) is 0 Å². The van der Waals surface area contributed by atoms with Crippen LogP contribution in [0.4, 0.5) is 0 Å². The number of aromatic hydroxyl groups is 1. The van der Waals surface area contributed by atoms with Gasteiger partial charge in [-0.05, 0) is 30.5 Å². The molecule has 1 saturated heterocycles. The van der Waals surface area contributed by atoms with Gasteiger partial charge in [0, 0.05) is 12.6 Å². The number of hydrogen-bond acceptors (Lipinski definition) is 2. The van der Waals surface area contributed by atoms with Crippen LogP contribution >= 0.6 is 0 Å². The summed E-state index contributed by atoms with van der Waals surface area (Å²) in [4.78, 5) is 0. The molecular weight excluding hydrogens is 150 g/mol. The Morgan fingerprint density at radius 2 is 1.83 bits per heavy atom. The van der Waals surface area contributed by atoms with Gasteiger partial charge in [-0.3, -0.25) is 0 Å². The van der Waals surface area contributed by atoms with Gasteiger partial charge >= 0.3 is 0 Å². The zero-order valence-electron chi connectivity index (χ0n) is 7.39. The van der Waals surface area contributed by atoms with E-state index in [-0.39, 0.29) is 0 Å². The van der Waals surface area contributed by atoms with Gasteiger partial charge in [-0.25, -0.2) is 0 Å². The van der Waals surface area contributed by atoms with E-state index in [1.165, 1.54) is 5.56 Å². The van der Waals surface area contributed by atoms with Gasteiger partial charge in [0.05, 0.1) is 0 Å². The van der Waals surface area contributed by atoms with Crippen molar-refractivity contribution in [1.29, 1.82) is 0 Å². The SMILES string of the molecule is Cc1cc(C2CN2)cc(C)c1O. The lowest BCUT2D eigenvalue weighted by molar-refractivity contribution is 0.466. The van der Waals surface area contributed by atoms with E-state index in [4.69, 9.17) is 0 Å². The van der Waals surface area contributed by atoms with Gasteiger partial charge in [0.25, 0.3) is 0 Å². The molecule has 64 valence electrons. The summed E-state index contributed by atoms with van der Waals surface area (Å²) in [7, 11) is 0. The molecule has 0 spiro atoms. The average molecular weight is 163 g/mol. The molecule has 1 heterocycles. The third-order valence-electron chi connectivity index (χ3n) is 2.32. The maximum atomic E-state index is 9.51. The standard InChI is InChI=1S/C10H13NO/c1-6-3-8(9-5-11-9)4-7(2)10(6)12/h3-4,9,11-12H,5H2,1-2H3. The van der Waals surface area contributed by atoms with Crippen molar-refractivity contribution in [3.05, 3.63) is 28.8 Å². The molecule has 1 aromatic rings. The molecule has 12 heavy (non-hydrogen) atoms. The van der Waals surface area contributed by atoms with Crippen LogP contribution in [0.3, 0.4) is 0 Å². The van der Waals surface area contributed by atoms with Crippen LogP contribution in [0.1, 0.15) is 22.7 Å². The molecule has 2 heteroatoms. The van der Waals surface area contributed by atoms with Crippen LogP contribution in [0.15, 0.2) is 12.1 Å². The molecule has 1 aromatic carbocycles. The lowest BCUT2D eigenvalue weighted by atomic mass is 10.0. The molecule has 0 amide bonds. The molecule has 0 bridgehead atoms. The largest absolute Gasteiger partial charge is 0.507 e. The monoisotopic (exact) mass is 163 g/mol. The molecule has 0 aliphatic carbocycles. The van der Waals surface area contributed by atoms with E-state index in [0.29, 0.717) is 11.8 Å². The molecule has 0 saturated carbocycles.